The van der Waals surface area contributed by atoms with Crippen LogP contribution in [0.2, 0.25) is 0 Å². The molecule has 4 nitrogen and oxygen atoms in total. The van der Waals surface area contributed by atoms with Gasteiger partial charge in [-0.05, 0) is 37.5 Å². The molecule has 2 rings (SSSR count). The van der Waals surface area contributed by atoms with Crippen molar-refractivity contribution in [3.8, 4) is 0 Å². The highest BCUT2D eigenvalue weighted by Crippen LogP contribution is 2.25. The van der Waals surface area contributed by atoms with Gasteiger partial charge >= 0.3 is 5.97 Å². The van der Waals surface area contributed by atoms with Crippen molar-refractivity contribution in [2.45, 2.75) is 31.7 Å². The molecule has 1 fully saturated rings. The van der Waals surface area contributed by atoms with Gasteiger partial charge in [-0.2, -0.15) is 0 Å². The van der Waals surface area contributed by atoms with Gasteiger partial charge < -0.3 is 10.4 Å². The highest BCUT2D eigenvalue weighted by atomic mass is 79.9. The Labute approximate surface area is 134 Å². The Morgan fingerprint density at radius 3 is 2.40 bits per heavy atom. The molecular weight excluding hydrogens is 390 g/mol. The summed E-state index contributed by atoms with van der Waals surface area (Å²) in [6.07, 6.45) is 2.88. The van der Waals surface area contributed by atoms with E-state index in [1.807, 2.05) is 6.07 Å². The zero-order valence-electron chi connectivity index (χ0n) is 10.7. The zero-order valence-corrected chi connectivity index (χ0v) is 13.9. The first-order chi connectivity index (χ1) is 9.45. The van der Waals surface area contributed by atoms with Gasteiger partial charge in [0.25, 0.3) is 5.91 Å². The molecule has 1 aliphatic rings. The molecular formula is C14H15Br2NO3. The number of halogens is 2. The average Bonchev–Trinajstić information content (AvgIpc) is 2.37. The van der Waals surface area contributed by atoms with Crippen LogP contribution in [0, 0.1) is 5.92 Å². The lowest BCUT2D eigenvalue weighted by Crippen LogP contribution is -2.39. The maximum Gasteiger partial charge on any atom is 0.306 e. The van der Waals surface area contributed by atoms with E-state index in [9.17, 15) is 9.59 Å². The van der Waals surface area contributed by atoms with Crippen LogP contribution in [-0.2, 0) is 4.79 Å². The molecule has 0 radical (unpaired) electrons. The lowest BCUT2D eigenvalue weighted by atomic mass is 9.85. The van der Waals surface area contributed by atoms with Crippen molar-refractivity contribution in [3.05, 3.63) is 32.7 Å². The lowest BCUT2D eigenvalue weighted by Gasteiger charge is -2.27. The summed E-state index contributed by atoms with van der Waals surface area (Å²) in [4.78, 5) is 23.2. The maximum atomic E-state index is 12.2. The number of carbonyl (C=O) groups excluding carboxylic acids is 1. The summed E-state index contributed by atoms with van der Waals surface area (Å²) in [5.74, 6) is -1.28. The number of hydrogen-bond acceptors (Lipinski definition) is 2. The Kier molecular flexibility index (Phi) is 5.21. The first-order valence-electron chi connectivity index (χ1n) is 6.45. The highest BCUT2D eigenvalue weighted by molar-refractivity contribution is 9.11. The Morgan fingerprint density at radius 1 is 1.15 bits per heavy atom. The SMILES string of the molecule is O=C(NC1CCCC(C(=O)O)C1)c1cc(Br)cc(Br)c1. The first kappa shape index (κ1) is 15.5. The topological polar surface area (TPSA) is 66.4 Å². The summed E-state index contributed by atoms with van der Waals surface area (Å²) in [6, 6.07) is 5.29. The highest BCUT2D eigenvalue weighted by Gasteiger charge is 2.28. The third-order valence-corrected chi connectivity index (χ3v) is 4.40. The molecule has 1 aromatic rings. The summed E-state index contributed by atoms with van der Waals surface area (Å²) in [5.41, 5.74) is 0.559. The maximum absolute atomic E-state index is 12.2. The van der Waals surface area contributed by atoms with Gasteiger partial charge in [0, 0.05) is 20.6 Å². The molecule has 0 aliphatic heterocycles. The van der Waals surface area contributed by atoms with Gasteiger partial charge in [-0.25, -0.2) is 0 Å². The smallest absolute Gasteiger partial charge is 0.306 e. The molecule has 2 atom stereocenters. The second-order valence-electron chi connectivity index (χ2n) is 5.03. The van der Waals surface area contributed by atoms with E-state index in [0.717, 1.165) is 21.8 Å². The molecule has 1 amide bonds. The number of carbonyl (C=O) groups is 2. The van der Waals surface area contributed by atoms with Gasteiger partial charge in [0.1, 0.15) is 0 Å². The molecule has 0 heterocycles. The van der Waals surface area contributed by atoms with Crippen LogP contribution < -0.4 is 5.32 Å². The summed E-state index contributed by atoms with van der Waals surface area (Å²) in [5, 5.41) is 12.0. The quantitative estimate of drug-likeness (QED) is 0.808. The molecule has 1 aliphatic carbocycles. The van der Waals surface area contributed by atoms with Crippen LogP contribution in [0.1, 0.15) is 36.0 Å². The zero-order chi connectivity index (χ0) is 14.7. The summed E-state index contributed by atoms with van der Waals surface area (Å²) >= 11 is 6.69. The van der Waals surface area contributed by atoms with Crippen molar-refractivity contribution < 1.29 is 14.7 Å². The van der Waals surface area contributed by atoms with Crippen LogP contribution >= 0.6 is 31.9 Å². The minimum Gasteiger partial charge on any atom is -0.481 e. The van der Waals surface area contributed by atoms with E-state index in [1.165, 1.54) is 0 Å². The van der Waals surface area contributed by atoms with E-state index >= 15 is 0 Å². The second kappa shape index (κ2) is 6.72. The summed E-state index contributed by atoms with van der Waals surface area (Å²) < 4.78 is 1.65. The van der Waals surface area contributed by atoms with Gasteiger partial charge in [-0.15, -0.1) is 0 Å². The summed E-state index contributed by atoms with van der Waals surface area (Å²) in [7, 11) is 0. The Bertz CT molecular complexity index is 513. The third-order valence-electron chi connectivity index (χ3n) is 3.48. The van der Waals surface area contributed by atoms with E-state index in [2.05, 4.69) is 37.2 Å². The minimum atomic E-state index is -0.769. The predicted molar refractivity (Wildman–Crippen MR) is 82.7 cm³/mol. The first-order valence-corrected chi connectivity index (χ1v) is 8.04. The number of benzene rings is 1. The number of amides is 1. The molecule has 20 heavy (non-hydrogen) atoms. The van der Waals surface area contributed by atoms with Crippen LogP contribution in [-0.4, -0.2) is 23.0 Å². The molecule has 2 N–H and O–H groups in total. The van der Waals surface area contributed by atoms with Crippen molar-refractivity contribution in [1.29, 1.82) is 0 Å². The monoisotopic (exact) mass is 403 g/mol. The molecule has 1 aromatic carbocycles. The van der Waals surface area contributed by atoms with Crippen molar-refractivity contribution in [3.63, 3.8) is 0 Å². The van der Waals surface area contributed by atoms with Crippen LogP contribution in [0.4, 0.5) is 0 Å². The van der Waals surface area contributed by atoms with Gasteiger partial charge in [0.2, 0.25) is 0 Å². The number of rotatable bonds is 3. The largest absolute Gasteiger partial charge is 0.481 e. The van der Waals surface area contributed by atoms with Gasteiger partial charge in [-0.1, -0.05) is 38.3 Å². The van der Waals surface area contributed by atoms with Gasteiger partial charge in [-0.3, -0.25) is 9.59 Å². The van der Waals surface area contributed by atoms with Crippen molar-refractivity contribution in [2.75, 3.05) is 0 Å². The van der Waals surface area contributed by atoms with Gasteiger partial charge in [0.05, 0.1) is 5.92 Å². The van der Waals surface area contributed by atoms with Crippen LogP contribution in [0.3, 0.4) is 0 Å². The van der Waals surface area contributed by atoms with E-state index in [4.69, 9.17) is 5.11 Å². The fraction of sp³-hybridized carbons (Fsp3) is 0.429. The average molecular weight is 405 g/mol. The molecule has 1 saturated carbocycles. The van der Waals surface area contributed by atoms with E-state index in [1.54, 1.807) is 12.1 Å². The number of aliphatic carboxylic acids is 1. The predicted octanol–water partition coefficient (Wildman–Crippen LogP) is 3.58. The standard InChI is InChI=1S/C14H15Br2NO3/c15-10-4-9(5-11(16)7-10)13(18)17-12-3-1-2-8(6-12)14(19)20/h4-5,7-8,12H,1-3,6H2,(H,17,18)(H,19,20). The number of carboxylic acids is 1. The van der Waals surface area contributed by atoms with E-state index in [-0.39, 0.29) is 17.9 Å². The fourth-order valence-electron chi connectivity index (χ4n) is 2.50. The van der Waals surface area contributed by atoms with Crippen molar-refractivity contribution in [2.24, 2.45) is 5.92 Å². The Hall–Kier alpha value is -0.880. The van der Waals surface area contributed by atoms with Crippen LogP contribution in [0.15, 0.2) is 27.1 Å². The third kappa shape index (κ3) is 4.06. The molecule has 6 heteroatoms. The molecule has 108 valence electrons. The van der Waals surface area contributed by atoms with Gasteiger partial charge in [0.15, 0.2) is 0 Å². The van der Waals surface area contributed by atoms with Crippen molar-refractivity contribution >= 4 is 43.7 Å². The summed E-state index contributed by atoms with van der Waals surface area (Å²) in [6.45, 7) is 0. The van der Waals surface area contributed by atoms with Crippen LogP contribution in [0.5, 0.6) is 0 Å². The minimum absolute atomic E-state index is 0.0601. The van der Waals surface area contributed by atoms with Crippen molar-refractivity contribution in [1.82, 2.24) is 5.32 Å². The number of nitrogens with one attached hydrogen (secondary N) is 1. The molecule has 0 spiro atoms. The normalized spacial score (nSPS) is 22.3. The van der Waals surface area contributed by atoms with E-state index in [0.29, 0.717) is 18.4 Å². The Balaban J connectivity index is 2.02. The number of carboxylic acid groups (broad SMARTS) is 1. The molecule has 0 bridgehead atoms. The molecule has 0 aromatic heterocycles. The fourth-order valence-corrected chi connectivity index (χ4v) is 3.79. The van der Waals surface area contributed by atoms with Crippen LogP contribution in [0.25, 0.3) is 0 Å². The number of hydrogen-bond donors (Lipinski definition) is 2. The lowest BCUT2D eigenvalue weighted by molar-refractivity contribution is -0.143. The molecule has 0 saturated heterocycles. The van der Waals surface area contributed by atoms with E-state index < -0.39 is 5.97 Å². The second-order valence-corrected chi connectivity index (χ2v) is 6.86. The molecule has 2 unspecified atom stereocenters. The Morgan fingerprint density at radius 2 is 1.80 bits per heavy atom.